The highest BCUT2D eigenvalue weighted by molar-refractivity contribution is 7.80. The van der Waals surface area contributed by atoms with Gasteiger partial charge in [-0.1, -0.05) is 37.7 Å². The molecule has 1 fully saturated rings. The molecule has 0 aliphatic carbocycles. The molecule has 2 nitrogen and oxygen atoms in total. The lowest BCUT2D eigenvalue weighted by Gasteiger charge is -2.35. The zero-order valence-electron chi connectivity index (χ0n) is 12.0. The Bertz CT molecular complexity index is 456. The van der Waals surface area contributed by atoms with Gasteiger partial charge in [0.05, 0.1) is 0 Å². The molecule has 19 heavy (non-hydrogen) atoms. The second-order valence-corrected chi connectivity index (χ2v) is 5.97. The first-order valence-electron chi connectivity index (χ1n) is 7.25. The predicted octanol–water partition coefficient (Wildman–Crippen LogP) is 3.39. The van der Waals surface area contributed by atoms with E-state index in [1.807, 2.05) is 0 Å². The highest BCUT2D eigenvalue weighted by Crippen LogP contribution is 2.23. The molecule has 3 heteroatoms. The number of likely N-dealkylation sites (tertiary alicyclic amines) is 1. The van der Waals surface area contributed by atoms with Crippen LogP contribution in [-0.4, -0.2) is 22.5 Å². The Hall–Kier alpha value is -0.930. The molecule has 1 heterocycles. The van der Waals surface area contributed by atoms with E-state index >= 15 is 0 Å². The number of nitrogens with two attached hydrogens (primary N) is 1. The third kappa shape index (κ3) is 3.54. The van der Waals surface area contributed by atoms with Crippen LogP contribution >= 0.6 is 12.2 Å². The van der Waals surface area contributed by atoms with Gasteiger partial charge in [0.2, 0.25) is 0 Å². The summed E-state index contributed by atoms with van der Waals surface area (Å²) in [5, 5.41) is 0. The molecule has 0 amide bonds. The Labute approximate surface area is 122 Å². The lowest BCUT2D eigenvalue weighted by molar-refractivity contribution is 0.136. The predicted molar refractivity (Wildman–Crippen MR) is 85.4 cm³/mol. The van der Waals surface area contributed by atoms with E-state index in [0.717, 1.165) is 18.2 Å². The van der Waals surface area contributed by atoms with Crippen molar-refractivity contribution in [2.75, 3.05) is 6.54 Å². The monoisotopic (exact) mass is 276 g/mol. The van der Waals surface area contributed by atoms with Gasteiger partial charge in [-0.15, -0.1) is 0 Å². The SMILES string of the molecule is CCC1CCCCN1Cc1ccc(C(N)=S)cc1C. The summed E-state index contributed by atoms with van der Waals surface area (Å²) in [6.07, 6.45) is 5.32. The highest BCUT2D eigenvalue weighted by Gasteiger charge is 2.21. The molecular weight excluding hydrogens is 252 g/mol. The Morgan fingerprint density at radius 1 is 1.42 bits per heavy atom. The van der Waals surface area contributed by atoms with Crippen LogP contribution in [0.1, 0.15) is 49.3 Å². The van der Waals surface area contributed by atoms with Crippen molar-refractivity contribution in [1.29, 1.82) is 0 Å². The number of rotatable bonds is 4. The van der Waals surface area contributed by atoms with Crippen molar-refractivity contribution in [3.63, 3.8) is 0 Å². The topological polar surface area (TPSA) is 29.3 Å². The molecule has 2 rings (SSSR count). The van der Waals surface area contributed by atoms with Crippen LogP contribution in [0.25, 0.3) is 0 Å². The first-order valence-corrected chi connectivity index (χ1v) is 7.66. The maximum Gasteiger partial charge on any atom is 0.103 e. The minimum absolute atomic E-state index is 0.485. The fourth-order valence-corrected chi connectivity index (χ4v) is 3.10. The molecule has 1 saturated heterocycles. The summed E-state index contributed by atoms with van der Waals surface area (Å²) < 4.78 is 0. The molecule has 1 aliphatic heterocycles. The van der Waals surface area contributed by atoms with Crippen LogP contribution in [-0.2, 0) is 6.54 Å². The summed E-state index contributed by atoms with van der Waals surface area (Å²) >= 11 is 5.03. The van der Waals surface area contributed by atoms with Crippen LogP contribution in [0.15, 0.2) is 18.2 Å². The molecule has 0 radical (unpaired) electrons. The normalized spacial score (nSPS) is 20.4. The van der Waals surface area contributed by atoms with Crippen LogP contribution in [0.3, 0.4) is 0 Å². The zero-order chi connectivity index (χ0) is 13.8. The molecule has 1 unspecified atom stereocenters. The van der Waals surface area contributed by atoms with Gasteiger partial charge in [-0.2, -0.15) is 0 Å². The molecule has 1 atom stereocenters. The summed E-state index contributed by atoms with van der Waals surface area (Å²) in [4.78, 5) is 3.12. The van der Waals surface area contributed by atoms with E-state index in [0.29, 0.717) is 4.99 Å². The second kappa shape index (κ2) is 6.49. The molecule has 1 aromatic rings. The lowest BCUT2D eigenvalue weighted by atomic mass is 9.98. The Kier molecular flexibility index (Phi) is 4.94. The number of aryl methyl sites for hydroxylation is 1. The lowest BCUT2D eigenvalue weighted by Crippen LogP contribution is -2.38. The van der Waals surface area contributed by atoms with Crippen LogP contribution < -0.4 is 5.73 Å². The van der Waals surface area contributed by atoms with E-state index in [4.69, 9.17) is 18.0 Å². The molecular formula is C16H24N2S. The number of hydrogen-bond acceptors (Lipinski definition) is 2. The van der Waals surface area contributed by atoms with Crippen molar-refractivity contribution in [2.45, 2.75) is 52.1 Å². The van der Waals surface area contributed by atoms with E-state index in [1.165, 1.54) is 43.4 Å². The van der Waals surface area contributed by atoms with Crippen LogP contribution in [0.4, 0.5) is 0 Å². The molecule has 0 saturated carbocycles. The van der Waals surface area contributed by atoms with Gasteiger partial charge in [0, 0.05) is 18.2 Å². The number of benzene rings is 1. The minimum Gasteiger partial charge on any atom is -0.389 e. The number of piperidine rings is 1. The fourth-order valence-electron chi connectivity index (χ4n) is 2.98. The average Bonchev–Trinajstić information content (AvgIpc) is 2.41. The number of nitrogens with zero attached hydrogens (tertiary/aromatic N) is 1. The van der Waals surface area contributed by atoms with E-state index in [9.17, 15) is 0 Å². The molecule has 1 aliphatic rings. The third-order valence-electron chi connectivity index (χ3n) is 4.22. The third-order valence-corrected chi connectivity index (χ3v) is 4.46. The minimum atomic E-state index is 0.485. The van der Waals surface area contributed by atoms with E-state index in [1.54, 1.807) is 0 Å². The van der Waals surface area contributed by atoms with E-state index in [-0.39, 0.29) is 0 Å². The van der Waals surface area contributed by atoms with Crippen molar-refractivity contribution < 1.29 is 0 Å². The summed E-state index contributed by atoms with van der Waals surface area (Å²) in [5.41, 5.74) is 9.36. The smallest absolute Gasteiger partial charge is 0.103 e. The van der Waals surface area contributed by atoms with Gasteiger partial charge in [-0.25, -0.2) is 0 Å². The number of hydrogen-bond donors (Lipinski definition) is 1. The van der Waals surface area contributed by atoms with Crippen LogP contribution in [0.5, 0.6) is 0 Å². The molecule has 0 aromatic heterocycles. The van der Waals surface area contributed by atoms with Crippen molar-refractivity contribution in [1.82, 2.24) is 4.90 Å². The van der Waals surface area contributed by atoms with Gasteiger partial charge < -0.3 is 5.73 Å². The first kappa shape index (κ1) is 14.5. The molecule has 1 aromatic carbocycles. The summed E-state index contributed by atoms with van der Waals surface area (Å²) in [6, 6.07) is 7.10. The van der Waals surface area contributed by atoms with Crippen LogP contribution in [0.2, 0.25) is 0 Å². The van der Waals surface area contributed by atoms with Crippen molar-refractivity contribution >= 4 is 17.2 Å². The standard InChI is InChI=1S/C16H24N2S/c1-3-15-6-4-5-9-18(15)11-14-8-7-13(16(17)19)10-12(14)2/h7-8,10,15H,3-6,9,11H2,1-2H3,(H2,17,19). The van der Waals surface area contributed by atoms with Crippen molar-refractivity contribution in [3.8, 4) is 0 Å². The Morgan fingerprint density at radius 3 is 2.84 bits per heavy atom. The summed E-state index contributed by atoms with van der Waals surface area (Å²) in [6.45, 7) is 6.74. The average molecular weight is 276 g/mol. The van der Waals surface area contributed by atoms with E-state index < -0.39 is 0 Å². The van der Waals surface area contributed by atoms with Gasteiger partial charge in [0.15, 0.2) is 0 Å². The maximum absolute atomic E-state index is 5.68. The van der Waals surface area contributed by atoms with E-state index in [2.05, 4.69) is 36.9 Å². The maximum atomic E-state index is 5.68. The van der Waals surface area contributed by atoms with Crippen LogP contribution in [0, 0.1) is 6.92 Å². The fraction of sp³-hybridized carbons (Fsp3) is 0.562. The zero-order valence-corrected chi connectivity index (χ0v) is 12.8. The quantitative estimate of drug-likeness (QED) is 0.855. The molecule has 104 valence electrons. The summed E-state index contributed by atoms with van der Waals surface area (Å²) in [5.74, 6) is 0. The van der Waals surface area contributed by atoms with Gasteiger partial charge in [-0.05, 0) is 49.9 Å². The first-order chi connectivity index (χ1) is 9.11. The van der Waals surface area contributed by atoms with Gasteiger partial charge in [0.1, 0.15) is 4.99 Å². The van der Waals surface area contributed by atoms with Gasteiger partial charge >= 0.3 is 0 Å². The van der Waals surface area contributed by atoms with Crippen molar-refractivity contribution in [3.05, 3.63) is 34.9 Å². The number of thiocarbonyl (C=S) groups is 1. The van der Waals surface area contributed by atoms with Gasteiger partial charge in [-0.3, -0.25) is 4.90 Å². The largest absolute Gasteiger partial charge is 0.389 e. The molecule has 0 spiro atoms. The molecule has 0 bridgehead atoms. The van der Waals surface area contributed by atoms with Crippen molar-refractivity contribution in [2.24, 2.45) is 5.73 Å². The highest BCUT2D eigenvalue weighted by atomic mass is 32.1. The molecule has 2 N–H and O–H groups in total. The second-order valence-electron chi connectivity index (χ2n) is 5.53. The van der Waals surface area contributed by atoms with Gasteiger partial charge in [0.25, 0.3) is 0 Å². The Balaban J connectivity index is 2.11. The Morgan fingerprint density at radius 2 is 2.21 bits per heavy atom. The summed E-state index contributed by atoms with van der Waals surface area (Å²) in [7, 11) is 0.